The van der Waals surface area contributed by atoms with E-state index in [0.29, 0.717) is 30.6 Å². The normalized spacial score (nSPS) is 13.3. The zero-order valence-electron chi connectivity index (χ0n) is 9.18. The third kappa shape index (κ3) is 7.97. The van der Waals surface area contributed by atoms with Gasteiger partial charge < -0.3 is 5.73 Å². The second-order valence-corrected chi connectivity index (χ2v) is 4.37. The Hall–Kier alpha value is -0.370. The van der Waals surface area contributed by atoms with Crippen molar-refractivity contribution in [2.75, 3.05) is 6.54 Å². The monoisotopic (exact) mass is 185 g/mol. The number of carbonyl (C=O) groups is 1. The maximum Gasteiger partial charge on any atom is 0.133 e. The van der Waals surface area contributed by atoms with E-state index in [1.807, 2.05) is 6.92 Å². The Kier molecular flexibility index (Phi) is 6.87. The average Bonchev–Trinajstić information content (AvgIpc) is 2.03. The molecule has 0 rings (SSSR count). The van der Waals surface area contributed by atoms with E-state index in [4.69, 9.17) is 5.73 Å². The summed E-state index contributed by atoms with van der Waals surface area (Å²) in [6.45, 7) is 7.02. The Morgan fingerprint density at radius 3 is 2.38 bits per heavy atom. The molecule has 0 radical (unpaired) electrons. The first-order chi connectivity index (χ1) is 6.06. The minimum absolute atomic E-state index is 0.353. The van der Waals surface area contributed by atoms with Gasteiger partial charge in [-0.2, -0.15) is 0 Å². The van der Waals surface area contributed by atoms with Crippen LogP contribution in [-0.4, -0.2) is 12.3 Å². The topological polar surface area (TPSA) is 43.1 Å². The van der Waals surface area contributed by atoms with Crippen LogP contribution >= 0.6 is 0 Å². The van der Waals surface area contributed by atoms with Gasteiger partial charge in [0.1, 0.15) is 5.78 Å². The van der Waals surface area contributed by atoms with Crippen LogP contribution in [0.1, 0.15) is 46.5 Å². The molecule has 1 atom stereocenters. The standard InChI is InChI=1S/C11H23NO/c1-9(2)5-4-6-11(13)7-10(3)8-12/h9-10H,4-8,12H2,1-3H3. The second-order valence-electron chi connectivity index (χ2n) is 4.37. The van der Waals surface area contributed by atoms with E-state index >= 15 is 0 Å². The van der Waals surface area contributed by atoms with Crippen molar-refractivity contribution >= 4 is 5.78 Å². The van der Waals surface area contributed by atoms with E-state index in [1.54, 1.807) is 0 Å². The van der Waals surface area contributed by atoms with Gasteiger partial charge >= 0.3 is 0 Å². The molecule has 2 heteroatoms. The Labute approximate surface area is 81.9 Å². The number of hydrogen-bond acceptors (Lipinski definition) is 2. The Balaban J connectivity index is 3.41. The van der Waals surface area contributed by atoms with Crippen LogP contribution in [0.15, 0.2) is 0 Å². The summed E-state index contributed by atoms with van der Waals surface area (Å²) in [5.41, 5.74) is 5.44. The van der Waals surface area contributed by atoms with E-state index in [0.717, 1.165) is 19.3 Å². The van der Waals surface area contributed by atoms with Gasteiger partial charge in [-0.05, 0) is 24.8 Å². The number of Topliss-reactive ketones (excluding diaryl/α,β-unsaturated/α-hetero) is 1. The van der Waals surface area contributed by atoms with Gasteiger partial charge in [0.25, 0.3) is 0 Å². The Morgan fingerprint density at radius 2 is 1.92 bits per heavy atom. The van der Waals surface area contributed by atoms with Gasteiger partial charge in [-0.15, -0.1) is 0 Å². The van der Waals surface area contributed by atoms with Crippen LogP contribution in [0.2, 0.25) is 0 Å². The summed E-state index contributed by atoms with van der Waals surface area (Å²) < 4.78 is 0. The first-order valence-electron chi connectivity index (χ1n) is 5.28. The van der Waals surface area contributed by atoms with Crippen LogP contribution in [0.5, 0.6) is 0 Å². The molecule has 0 amide bonds. The minimum Gasteiger partial charge on any atom is -0.330 e. The highest BCUT2D eigenvalue weighted by Crippen LogP contribution is 2.09. The summed E-state index contributed by atoms with van der Waals surface area (Å²) in [5, 5.41) is 0. The predicted molar refractivity (Wildman–Crippen MR) is 56.5 cm³/mol. The average molecular weight is 185 g/mol. The molecule has 0 aromatic heterocycles. The van der Waals surface area contributed by atoms with E-state index in [2.05, 4.69) is 13.8 Å². The van der Waals surface area contributed by atoms with Crippen LogP contribution in [0.4, 0.5) is 0 Å². The van der Waals surface area contributed by atoms with Gasteiger partial charge in [-0.1, -0.05) is 27.2 Å². The van der Waals surface area contributed by atoms with Crippen molar-refractivity contribution in [3.63, 3.8) is 0 Å². The highest BCUT2D eigenvalue weighted by molar-refractivity contribution is 5.78. The van der Waals surface area contributed by atoms with Crippen LogP contribution in [0.3, 0.4) is 0 Å². The highest BCUT2D eigenvalue weighted by Gasteiger charge is 2.07. The molecule has 2 N–H and O–H groups in total. The third-order valence-corrected chi connectivity index (χ3v) is 2.22. The lowest BCUT2D eigenvalue weighted by Gasteiger charge is -2.07. The number of hydrogen-bond donors (Lipinski definition) is 1. The first kappa shape index (κ1) is 12.6. The van der Waals surface area contributed by atoms with Gasteiger partial charge in [0.15, 0.2) is 0 Å². The van der Waals surface area contributed by atoms with Crippen molar-refractivity contribution in [1.29, 1.82) is 0 Å². The molecule has 0 spiro atoms. The van der Waals surface area contributed by atoms with E-state index < -0.39 is 0 Å². The lowest BCUT2D eigenvalue weighted by molar-refractivity contribution is -0.119. The Morgan fingerprint density at radius 1 is 1.31 bits per heavy atom. The molecule has 0 aliphatic rings. The molecule has 0 saturated heterocycles. The van der Waals surface area contributed by atoms with Crippen LogP contribution < -0.4 is 5.73 Å². The number of carbonyl (C=O) groups excluding carboxylic acids is 1. The molecular formula is C11H23NO. The molecule has 0 aromatic rings. The first-order valence-corrected chi connectivity index (χ1v) is 5.28. The SMILES string of the molecule is CC(C)CCCC(=O)CC(C)CN. The summed E-state index contributed by atoms with van der Waals surface area (Å²) in [6.07, 6.45) is 3.59. The van der Waals surface area contributed by atoms with E-state index in [-0.39, 0.29) is 0 Å². The van der Waals surface area contributed by atoms with Gasteiger partial charge in [-0.3, -0.25) is 4.79 Å². The van der Waals surface area contributed by atoms with Crippen molar-refractivity contribution in [1.82, 2.24) is 0 Å². The van der Waals surface area contributed by atoms with Gasteiger partial charge in [0, 0.05) is 12.8 Å². The fourth-order valence-corrected chi connectivity index (χ4v) is 1.28. The molecule has 78 valence electrons. The molecule has 0 aliphatic carbocycles. The maximum atomic E-state index is 11.3. The van der Waals surface area contributed by atoms with Gasteiger partial charge in [-0.25, -0.2) is 0 Å². The van der Waals surface area contributed by atoms with E-state index in [1.165, 1.54) is 0 Å². The number of rotatable bonds is 7. The fourth-order valence-electron chi connectivity index (χ4n) is 1.28. The molecule has 0 bridgehead atoms. The van der Waals surface area contributed by atoms with Crippen molar-refractivity contribution in [3.05, 3.63) is 0 Å². The molecule has 0 heterocycles. The van der Waals surface area contributed by atoms with Crippen LogP contribution in [-0.2, 0) is 4.79 Å². The third-order valence-electron chi connectivity index (χ3n) is 2.22. The minimum atomic E-state index is 0.353. The van der Waals surface area contributed by atoms with Crippen LogP contribution in [0, 0.1) is 11.8 Å². The maximum absolute atomic E-state index is 11.3. The molecule has 13 heavy (non-hydrogen) atoms. The lowest BCUT2D eigenvalue weighted by atomic mass is 9.99. The molecule has 0 aromatic carbocycles. The summed E-state index contributed by atoms with van der Waals surface area (Å²) >= 11 is 0. The molecule has 0 saturated carbocycles. The fraction of sp³-hybridized carbons (Fsp3) is 0.909. The Bertz CT molecular complexity index is 143. The number of nitrogens with two attached hydrogens (primary N) is 1. The second kappa shape index (κ2) is 7.07. The van der Waals surface area contributed by atoms with Gasteiger partial charge in [0.05, 0.1) is 0 Å². The number of ketones is 1. The molecule has 2 nitrogen and oxygen atoms in total. The molecule has 1 unspecified atom stereocenters. The van der Waals surface area contributed by atoms with Crippen molar-refractivity contribution in [2.45, 2.75) is 46.5 Å². The molecule has 0 fully saturated rings. The summed E-state index contributed by atoms with van der Waals surface area (Å²) in [4.78, 5) is 11.3. The summed E-state index contributed by atoms with van der Waals surface area (Å²) in [7, 11) is 0. The zero-order valence-corrected chi connectivity index (χ0v) is 9.18. The molecular weight excluding hydrogens is 162 g/mol. The van der Waals surface area contributed by atoms with Crippen LogP contribution in [0.25, 0.3) is 0 Å². The van der Waals surface area contributed by atoms with Crippen molar-refractivity contribution in [2.24, 2.45) is 17.6 Å². The largest absolute Gasteiger partial charge is 0.330 e. The quantitative estimate of drug-likeness (QED) is 0.661. The van der Waals surface area contributed by atoms with E-state index in [9.17, 15) is 4.79 Å². The summed E-state index contributed by atoms with van der Waals surface area (Å²) in [6, 6.07) is 0. The predicted octanol–water partition coefficient (Wildman–Crippen LogP) is 2.37. The lowest BCUT2D eigenvalue weighted by Crippen LogP contribution is -2.15. The van der Waals surface area contributed by atoms with Gasteiger partial charge in [0.2, 0.25) is 0 Å². The highest BCUT2D eigenvalue weighted by atomic mass is 16.1. The van der Waals surface area contributed by atoms with Crippen molar-refractivity contribution < 1.29 is 4.79 Å². The smallest absolute Gasteiger partial charge is 0.133 e. The van der Waals surface area contributed by atoms with Crippen molar-refractivity contribution in [3.8, 4) is 0 Å². The summed E-state index contributed by atoms with van der Waals surface area (Å²) in [5.74, 6) is 1.44. The molecule has 0 aliphatic heterocycles. The zero-order chi connectivity index (χ0) is 10.3.